The molecular formula is C11H8ClF3O2. The van der Waals surface area contributed by atoms with Gasteiger partial charge in [0.2, 0.25) is 0 Å². The van der Waals surface area contributed by atoms with E-state index in [9.17, 15) is 18.0 Å². The average Bonchev–Trinajstić information content (AvgIpc) is 2.27. The Morgan fingerprint density at radius 1 is 1.29 bits per heavy atom. The third kappa shape index (κ3) is 3.78. The van der Waals surface area contributed by atoms with Gasteiger partial charge in [-0.15, -0.1) is 0 Å². The lowest BCUT2D eigenvalue weighted by molar-refractivity contribution is -0.137. The molecule has 0 bridgehead atoms. The Bertz CT molecular complexity index is 435. The Hall–Kier alpha value is -1.49. The molecule has 0 spiro atoms. The number of esters is 1. The Balaban J connectivity index is 2.93. The van der Waals surface area contributed by atoms with Crippen molar-refractivity contribution in [3.8, 4) is 0 Å². The zero-order chi connectivity index (χ0) is 13.1. The SMILES string of the molecule is COC(=O)C(Cl)=Cc1ccc(C(F)(F)F)cc1. The van der Waals surface area contributed by atoms with Gasteiger partial charge in [-0.1, -0.05) is 23.7 Å². The van der Waals surface area contributed by atoms with Gasteiger partial charge in [0, 0.05) is 0 Å². The molecule has 0 N–H and O–H groups in total. The van der Waals surface area contributed by atoms with E-state index in [1.54, 1.807) is 0 Å². The Kier molecular flexibility index (Phi) is 4.17. The monoisotopic (exact) mass is 264 g/mol. The normalized spacial score (nSPS) is 12.4. The summed E-state index contributed by atoms with van der Waals surface area (Å²) in [6.45, 7) is 0. The van der Waals surface area contributed by atoms with Crippen molar-refractivity contribution in [2.24, 2.45) is 0 Å². The maximum Gasteiger partial charge on any atom is 0.416 e. The van der Waals surface area contributed by atoms with Crippen LogP contribution in [0.2, 0.25) is 0 Å². The first kappa shape index (κ1) is 13.6. The third-order valence-electron chi connectivity index (χ3n) is 1.91. The van der Waals surface area contributed by atoms with Gasteiger partial charge in [-0.05, 0) is 23.8 Å². The van der Waals surface area contributed by atoms with Gasteiger partial charge in [0.25, 0.3) is 0 Å². The van der Waals surface area contributed by atoms with Crippen LogP contribution in [0, 0.1) is 0 Å². The van der Waals surface area contributed by atoms with Crippen molar-refractivity contribution in [2.75, 3.05) is 7.11 Å². The standard InChI is InChI=1S/C11H8ClF3O2/c1-17-10(16)9(12)6-7-2-4-8(5-3-7)11(13,14)15/h2-6H,1H3. The van der Waals surface area contributed by atoms with Crippen LogP contribution in [-0.4, -0.2) is 13.1 Å². The Morgan fingerprint density at radius 2 is 1.82 bits per heavy atom. The first-order valence-electron chi connectivity index (χ1n) is 4.47. The molecule has 1 aromatic carbocycles. The summed E-state index contributed by atoms with van der Waals surface area (Å²) in [5.74, 6) is -0.744. The summed E-state index contributed by atoms with van der Waals surface area (Å²) in [5.41, 5.74) is -0.378. The van der Waals surface area contributed by atoms with E-state index in [1.165, 1.54) is 18.2 Å². The van der Waals surface area contributed by atoms with E-state index in [-0.39, 0.29) is 5.03 Å². The summed E-state index contributed by atoms with van der Waals surface area (Å²) >= 11 is 5.56. The predicted octanol–water partition coefficient (Wildman–Crippen LogP) is 3.46. The summed E-state index contributed by atoms with van der Waals surface area (Å²) < 4.78 is 41.1. The molecule has 0 unspecified atom stereocenters. The lowest BCUT2D eigenvalue weighted by Gasteiger charge is -2.06. The molecule has 92 valence electrons. The molecule has 0 heterocycles. The van der Waals surface area contributed by atoms with Gasteiger partial charge in [-0.3, -0.25) is 0 Å². The van der Waals surface area contributed by atoms with Crippen LogP contribution in [0.5, 0.6) is 0 Å². The Morgan fingerprint density at radius 3 is 2.24 bits per heavy atom. The highest BCUT2D eigenvalue weighted by molar-refractivity contribution is 6.43. The molecule has 0 atom stereocenters. The first-order valence-corrected chi connectivity index (χ1v) is 4.85. The van der Waals surface area contributed by atoms with E-state index in [1.807, 2.05) is 0 Å². The van der Waals surface area contributed by atoms with Crippen molar-refractivity contribution in [3.63, 3.8) is 0 Å². The number of rotatable bonds is 2. The first-order chi connectivity index (χ1) is 7.84. The highest BCUT2D eigenvalue weighted by Gasteiger charge is 2.29. The minimum atomic E-state index is -4.38. The van der Waals surface area contributed by atoms with E-state index >= 15 is 0 Å². The summed E-state index contributed by atoms with van der Waals surface area (Å²) in [5, 5.41) is -0.202. The zero-order valence-electron chi connectivity index (χ0n) is 8.72. The van der Waals surface area contributed by atoms with Gasteiger partial charge in [0.1, 0.15) is 5.03 Å². The topological polar surface area (TPSA) is 26.3 Å². The lowest BCUT2D eigenvalue weighted by Crippen LogP contribution is -2.04. The molecule has 2 nitrogen and oxygen atoms in total. The lowest BCUT2D eigenvalue weighted by atomic mass is 10.1. The van der Waals surface area contributed by atoms with Crippen LogP contribution in [0.4, 0.5) is 13.2 Å². The van der Waals surface area contributed by atoms with Crippen molar-refractivity contribution in [3.05, 3.63) is 40.4 Å². The molecule has 17 heavy (non-hydrogen) atoms. The second-order valence-corrected chi connectivity index (χ2v) is 3.51. The van der Waals surface area contributed by atoms with Crippen molar-refractivity contribution < 1.29 is 22.7 Å². The number of carbonyl (C=O) groups excluding carboxylic acids is 1. The molecule has 1 aromatic rings. The van der Waals surface area contributed by atoms with Gasteiger partial charge < -0.3 is 4.74 Å². The van der Waals surface area contributed by atoms with Crippen molar-refractivity contribution in [2.45, 2.75) is 6.18 Å². The number of methoxy groups -OCH3 is 1. The zero-order valence-corrected chi connectivity index (χ0v) is 9.47. The molecule has 0 aliphatic heterocycles. The molecule has 6 heteroatoms. The number of halogens is 4. The third-order valence-corrected chi connectivity index (χ3v) is 2.18. The van der Waals surface area contributed by atoms with Crippen molar-refractivity contribution in [1.29, 1.82) is 0 Å². The van der Waals surface area contributed by atoms with Gasteiger partial charge in [0.05, 0.1) is 12.7 Å². The second kappa shape index (κ2) is 5.23. The molecule has 0 aromatic heterocycles. The number of hydrogen-bond donors (Lipinski definition) is 0. The molecule has 0 fully saturated rings. The summed E-state index contributed by atoms with van der Waals surface area (Å²) in [4.78, 5) is 10.9. The van der Waals surface area contributed by atoms with Crippen LogP contribution in [0.1, 0.15) is 11.1 Å². The van der Waals surface area contributed by atoms with E-state index in [2.05, 4.69) is 4.74 Å². The van der Waals surface area contributed by atoms with E-state index in [4.69, 9.17) is 11.6 Å². The van der Waals surface area contributed by atoms with E-state index in [0.717, 1.165) is 19.2 Å². The number of hydrogen-bond acceptors (Lipinski definition) is 2. The van der Waals surface area contributed by atoms with Crippen LogP contribution < -0.4 is 0 Å². The molecule has 0 amide bonds. The van der Waals surface area contributed by atoms with Gasteiger partial charge in [-0.25, -0.2) is 4.79 Å². The Labute approximate surface area is 101 Å². The summed E-state index contributed by atoms with van der Waals surface area (Å²) in [6.07, 6.45) is -3.15. The highest BCUT2D eigenvalue weighted by atomic mass is 35.5. The molecule has 0 saturated carbocycles. The molecule has 0 saturated heterocycles. The van der Waals surface area contributed by atoms with E-state index < -0.39 is 17.7 Å². The van der Waals surface area contributed by atoms with Crippen LogP contribution in [-0.2, 0) is 15.7 Å². The minimum Gasteiger partial charge on any atom is -0.465 e. The quantitative estimate of drug-likeness (QED) is 0.604. The number of carbonyl (C=O) groups is 1. The van der Waals surface area contributed by atoms with E-state index in [0.29, 0.717) is 5.56 Å². The van der Waals surface area contributed by atoms with Crippen LogP contribution in [0.15, 0.2) is 29.3 Å². The van der Waals surface area contributed by atoms with Crippen LogP contribution in [0.25, 0.3) is 6.08 Å². The fourth-order valence-corrected chi connectivity index (χ4v) is 1.27. The van der Waals surface area contributed by atoms with Crippen LogP contribution in [0.3, 0.4) is 0 Å². The fourth-order valence-electron chi connectivity index (χ4n) is 1.07. The molecular weight excluding hydrogens is 257 g/mol. The maximum absolute atomic E-state index is 12.2. The number of ether oxygens (including phenoxy) is 1. The smallest absolute Gasteiger partial charge is 0.416 e. The average molecular weight is 265 g/mol. The summed E-state index contributed by atoms with van der Waals surface area (Å²) in [7, 11) is 1.16. The fraction of sp³-hybridized carbons (Fsp3) is 0.182. The molecule has 0 aliphatic rings. The van der Waals surface area contributed by atoms with Crippen molar-refractivity contribution in [1.82, 2.24) is 0 Å². The van der Waals surface area contributed by atoms with Crippen LogP contribution >= 0.6 is 11.6 Å². The van der Waals surface area contributed by atoms with Gasteiger partial charge in [-0.2, -0.15) is 13.2 Å². The second-order valence-electron chi connectivity index (χ2n) is 3.10. The summed E-state index contributed by atoms with van der Waals surface area (Å²) in [6, 6.07) is 4.25. The highest BCUT2D eigenvalue weighted by Crippen LogP contribution is 2.29. The van der Waals surface area contributed by atoms with Gasteiger partial charge >= 0.3 is 12.1 Å². The molecule has 0 radical (unpaired) electrons. The maximum atomic E-state index is 12.2. The number of alkyl halides is 3. The molecule has 0 aliphatic carbocycles. The van der Waals surface area contributed by atoms with Gasteiger partial charge in [0.15, 0.2) is 0 Å². The number of benzene rings is 1. The minimum absolute atomic E-state index is 0.202. The van der Waals surface area contributed by atoms with Crippen molar-refractivity contribution >= 4 is 23.6 Å². The predicted molar refractivity (Wildman–Crippen MR) is 57.3 cm³/mol. The largest absolute Gasteiger partial charge is 0.465 e. The molecule has 1 rings (SSSR count).